The van der Waals surface area contributed by atoms with E-state index in [-0.39, 0.29) is 6.04 Å². The molecule has 1 saturated carbocycles. The monoisotopic (exact) mass is 320 g/mol. The largest absolute Gasteiger partial charge is 0.330 e. The first-order valence-electron chi connectivity index (χ1n) is 8.37. The van der Waals surface area contributed by atoms with Gasteiger partial charge in [-0.15, -0.1) is 0 Å². The van der Waals surface area contributed by atoms with Crippen LogP contribution >= 0.6 is 11.8 Å². The van der Waals surface area contributed by atoms with Crippen LogP contribution in [0.2, 0.25) is 0 Å². The van der Waals surface area contributed by atoms with Gasteiger partial charge in [0.2, 0.25) is 5.91 Å². The SMILES string of the molecule is Cn1nccc1[C@H]1[C@H](N[C@H]2CCSC2)CCC(=O)N1C1CC1. The average molecular weight is 320 g/mol. The zero-order valence-electron chi connectivity index (χ0n) is 13.1. The summed E-state index contributed by atoms with van der Waals surface area (Å²) in [5.74, 6) is 2.78. The molecular weight excluding hydrogens is 296 g/mol. The first-order valence-corrected chi connectivity index (χ1v) is 9.52. The minimum absolute atomic E-state index is 0.145. The van der Waals surface area contributed by atoms with Crippen LogP contribution in [0.3, 0.4) is 0 Å². The van der Waals surface area contributed by atoms with Gasteiger partial charge in [-0.05, 0) is 37.5 Å². The quantitative estimate of drug-likeness (QED) is 0.917. The molecule has 0 spiro atoms. The number of thioether (sulfide) groups is 1. The second-order valence-corrected chi connectivity index (χ2v) is 7.88. The molecule has 0 bridgehead atoms. The van der Waals surface area contributed by atoms with Crippen LogP contribution in [0, 0.1) is 0 Å². The molecule has 0 radical (unpaired) electrons. The average Bonchev–Trinajstić information content (AvgIpc) is 3.04. The van der Waals surface area contributed by atoms with Crippen molar-refractivity contribution in [1.82, 2.24) is 20.0 Å². The summed E-state index contributed by atoms with van der Waals surface area (Å²) in [5, 5.41) is 8.20. The molecule has 3 fully saturated rings. The van der Waals surface area contributed by atoms with Gasteiger partial charge in [0, 0.05) is 43.5 Å². The lowest BCUT2D eigenvalue weighted by Gasteiger charge is -2.42. The lowest BCUT2D eigenvalue weighted by molar-refractivity contribution is -0.139. The summed E-state index contributed by atoms with van der Waals surface area (Å²) in [5.41, 5.74) is 1.17. The van der Waals surface area contributed by atoms with Gasteiger partial charge in [0.1, 0.15) is 0 Å². The summed E-state index contributed by atoms with van der Waals surface area (Å²) >= 11 is 2.03. The van der Waals surface area contributed by atoms with E-state index in [1.807, 2.05) is 29.7 Å². The van der Waals surface area contributed by atoms with Crippen LogP contribution in [0.4, 0.5) is 0 Å². The molecule has 5 nitrogen and oxygen atoms in total. The minimum atomic E-state index is 0.145. The third-order valence-electron chi connectivity index (χ3n) is 5.12. The van der Waals surface area contributed by atoms with Crippen molar-refractivity contribution in [3.05, 3.63) is 18.0 Å². The van der Waals surface area contributed by atoms with Gasteiger partial charge in [0.15, 0.2) is 0 Å². The highest BCUT2D eigenvalue weighted by atomic mass is 32.2. The summed E-state index contributed by atoms with van der Waals surface area (Å²) in [6.45, 7) is 0. The zero-order chi connectivity index (χ0) is 15.1. The van der Waals surface area contributed by atoms with Crippen molar-refractivity contribution in [3.8, 4) is 0 Å². The number of aryl methyl sites for hydroxylation is 1. The highest BCUT2D eigenvalue weighted by Crippen LogP contribution is 2.40. The van der Waals surface area contributed by atoms with Crippen molar-refractivity contribution < 1.29 is 4.79 Å². The van der Waals surface area contributed by atoms with Gasteiger partial charge < -0.3 is 10.2 Å². The maximum atomic E-state index is 12.5. The van der Waals surface area contributed by atoms with E-state index in [4.69, 9.17) is 0 Å². The molecule has 6 heteroatoms. The molecule has 2 saturated heterocycles. The van der Waals surface area contributed by atoms with E-state index < -0.39 is 0 Å². The van der Waals surface area contributed by atoms with Crippen molar-refractivity contribution >= 4 is 17.7 Å². The van der Waals surface area contributed by atoms with Crippen LogP contribution in [-0.4, -0.2) is 50.2 Å². The fraction of sp³-hybridized carbons (Fsp3) is 0.750. The molecule has 1 aromatic rings. The van der Waals surface area contributed by atoms with Crippen molar-refractivity contribution in [2.75, 3.05) is 11.5 Å². The Labute approximate surface area is 135 Å². The number of likely N-dealkylation sites (tertiary alicyclic amines) is 1. The summed E-state index contributed by atoms with van der Waals surface area (Å²) in [6.07, 6.45) is 7.04. The lowest BCUT2D eigenvalue weighted by atomic mass is 9.91. The molecule has 0 aromatic carbocycles. The molecule has 1 N–H and O–H groups in total. The highest BCUT2D eigenvalue weighted by Gasteiger charge is 2.45. The van der Waals surface area contributed by atoms with Crippen molar-refractivity contribution in [1.29, 1.82) is 0 Å². The molecule has 1 aliphatic carbocycles. The predicted octanol–water partition coefficient (Wildman–Crippen LogP) is 1.71. The van der Waals surface area contributed by atoms with Crippen LogP contribution in [0.15, 0.2) is 12.3 Å². The van der Waals surface area contributed by atoms with Crippen molar-refractivity contribution in [2.45, 2.75) is 56.3 Å². The Morgan fingerprint density at radius 1 is 1.32 bits per heavy atom. The summed E-state index contributed by atoms with van der Waals surface area (Å²) in [6, 6.07) is 3.63. The van der Waals surface area contributed by atoms with Gasteiger partial charge in [-0.25, -0.2) is 0 Å². The summed E-state index contributed by atoms with van der Waals surface area (Å²) in [7, 11) is 1.99. The van der Waals surface area contributed by atoms with E-state index >= 15 is 0 Å². The minimum Gasteiger partial charge on any atom is -0.330 e. The number of amides is 1. The predicted molar refractivity (Wildman–Crippen MR) is 87.7 cm³/mol. The van der Waals surface area contributed by atoms with Gasteiger partial charge in [-0.3, -0.25) is 9.48 Å². The zero-order valence-corrected chi connectivity index (χ0v) is 13.9. The fourth-order valence-corrected chi connectivity index (χ4v) is 5.03. The topological polar surface area (TPSA) is 50.2 Å². The Morgan fingerprint density at radius 2 is 2.18 bits per heavy atom. The maximum Gasteiger partial charge on any atom is 0.223 e. The number of rotatable bonds is 4. The molecule has 120 valence electrons. The molecule has 22 heavy (non-hydrogen) atoms. The van der Waals surface area contributed by atoms with Gasteiger partial charge in [-0.2, -0.15) is 16.9 Å². The fourth-order valence-electron chi connectivity index (χ4n) is 3.86. The summed E-state index contributed by atoms with van der Waals surface area (Å²) in [4.78, 5) is 14.7. The molecular formula is C16H24N4OS. The third-order valence-corrected chi connectivity index (χ3v) is 6.28. The van der Waals surface area contributed by atoms with E-state index in [0.717, 1.165) is 19.3 Å². The summed E-state index contributed by atoms with van der Waals surface area (Å²) < 4.78 is 1.94. The number of nitrogens with one attached hydrogen (secondary N) is 1. The van der Waals surface area contributed by atoms with Gasteiger partial charge in [0.05, 0.1) is 11.7 Å². The number of nitrogens with zero attached hydrogens (tertiary/aromatic N) is 3. The van der Waals surface area contributed by atoms with Crippen LogP contribution in [0.25, 0.3) is 0 Å². The van der Waals surface area contributed by atoms with E-state index in [9.17, 15) is 4.79 Å². The highest BCUT2D eigenvalue weighted by molar-refractivity contribution is 7.99. The van der Waals surface area contributed by atoms with Gasteiger partial charge in [-0.1, -0.05) is 0 Å². The Balaban J connectivity index is 1.63. The maximum absolute atomic E-state index is 12.5. The molecule has 0 unspecified atom stereocenters. The Kier molecular flexibility index (Phi) is 3.90. The number of hydrogen-bond donors (Lipinski definition) is 1. The Bertz CT molecular complexity index is 550. The van der Waals surface area contributed by atoms with E-state index in [2.05, 4.69) is 21.4 Å². The number of hydrogen-bond acceptors (Lipinski definition) is 4. The first kappa shape index (κ1) is 14.6. The van der Waals surface area contributed by atoms with Crippen molar-refractivity contribution in [3.63, 3.8) is 0 Å². The molecule has 3 atom stereocenters. The normalized spacial score (nSPS) is 32.7. The second-order valence-electron chi connectivity index (χ2n) is 6.73. The molecule has 1 amide bonds. The number of piperidine rings is 1. The molecule has 3 aliphatic rings. The standard InChI is InChI=1S/C16H24N4OS/c1-19-14(6-8-17-19)16-13(18-11-7-9-22-10-11)4-5-15(21)20(16)12-2-3-12/h6,8,11-13,16,18H,2-5,7,9-10H2,1H3/t11-,13+,16+/m0/s1. The van der Waals surface area contributed by atoms with E-state index in [1.54, 1.807) is 0 Å². The molecule has 2 aliphatic heterocycles. The Hall–Kier alpha value is -1.01. The Morgan fingerprint density at radius 3 is 2.82 bits per heavy atom. The lowest BCUT2D eigenvalue weighted by Crippen LogP contribution is -2.54. The van der Waals surface area contributed by atoms with Crippen LogP contribution < -0.4 is 5.32 Å². The molecule has 4 rings (SSSR count). The molecule has 3 heterocycles. The first-order chi connectivity index (χ1) is 10.7. The number of carbonyl (C=O) groups is 1. The van der Waals surface area contributed by atoms with Crippen molar-refractivity contribution in [2.24, 2.45) is 7.05 Å². The number of carbonyl (C=O) groups excluding carboxylic acids is 1. The van der Waals surface area contributed by atoms with Crippen LogP contribution in [0.1, 0.15) is 43.8 Å². The van der Waals surface area contributed by atoms with Crippen LogP contribution in [-0.2, 0) is 11.8 Å². The molecule has 1 aromatic heterocycles. The van der Waals surface area contributed by atoms with E-state index in [1.165, 1.54) is 23.6 Å². The second kappa shape index (κ2) is 5.89. The smallest absolute Gasteiger partial charge is 0.223 e. The number of aromatic nitrogens is 2. The van der Waals surface area contributed by atoms with Crippen LogP contribution in [0.5, 0.6) is 0 Å². The van der Waals surface area contributed by atoms with Gasteiger partial charge in [0.25, 0.3) is 0 Å². The van der Waals surface area contributed by atoms with E-state index in [0.29, 0.717) is 30.5 Å². The van der Waals surface area contributed by atoms with Gasteiger partial charge >= 0.3 is 0 Å². The third kappa shape index (κ3) is 2.67.